The summed E-state index contributed by atoms with van der Waals surface area (Å²) in [5.74, 6) is 0.274. The van der Waals surface area contributed by atoms with Gasteiger partial charge in [-0.15, -0.1) is 0 Å². The molecule has 1 aromatic heterocycles. The predicted molar refractivity (Wildman–Crippen MR) is 115 cm³/mol. The van der Waals surface area contributed by atoms with Crippen molar-refractivity contribution in [2.24, 2.45) is 0 Å². The smallest absolute Gasteiger partial charge is 0.261 e. The van der Waals surface area contributed by atoms with Gasteiger partial charge in [0.05, 0.1) is 30.7 Å². The molecule has 3 rings (SSSR count). The maximum Gasteiger partial charge on any atom is 0.261 e. The summed E-state index contributed by atoms with van der Waals surface area (Å²) in [6.45, 7) is 6.29. The third-order valence-electron chi connectivity index (χ3n) is 4.68. The molecule has 7 nitrogen and oxygen atoms in total. The zero-order chi connectivity index (χ0) is 21.3. The van der Waals surface area contributed by atoms with Gasteiger partial charge in [0.15, 0.2) is 0 Å². The van der Waals surface area contributed by atoms with E-state index >= 15 is 0 Å². The fourth-order valence-electron chi connectivity index (χ4n) is 3.15. The topological polar surface area (TPSA) is 82.4 Å². The predicted octanol–water partition coefficient (Wildman–Crippen LogP) is 2.57. The van der Waals surface area contributed by atoms with E-state index in [-0.39, 0.29) is 18.0 Å². The van der Waals surface area contributed by atoms with E-state index in [0.29, 0.717) is 49.7 Å². The molecule has 0 saturated carbocycles. The van der Waals surface area contributed by atoms with E-state index in [2.05, 4.69) is 10.3 Å². The molecule has 0 fully saturated rings. The molecule has 0 atom stereocenters. The van der Waals surface area contributed by atoms with Crippen molar-refractivity contribution in [1.82, 2.24) is 14.9 Å². The number of benzene rings is 2. The number of carbonyl (C=O) groups excluding carboxylic acids is 1. The molecule has 0 aliphatic rings. The minimum Gasteiger partial charge on any atom is -0.379 e. The highest BCUT2D eigenvalue weighted by atomic mass is 16.5. The average Bonchev–Trinajstić information content (AvgIpc) is 2.75. The van der Waals surface area contributed by atoms with Gasteiger partial charge < -0.3 is 14.8 Å². The van der Waals surface area contributed by atoms with Crippen molar-refractivity contribution in [3.8, 4) is 0 Å². The monoisotopic (exact) mass is 409 g/mol. The van der Waals surface area contributed by atoms with Crippen LogP contribution in [0.4, 0.5) is 0 Å². The number of para-hydroxylation sites is 1. The lowest BCUT2D eigenvalue weighted by molar-refractivity contribution is -0.121. The van der Waals surface area contributed by atoms with Gasteiger partial charge in [0.2, 0.25) is 5.91 Å². The third kappa shape index (κ3) is 5.75. The number of carbonyl (C=O) groups is 1. The summed E-state index contributed by atoms with van der Waals surface area (Å²) < 4.78 is 12.2. The molecule has 158 valence electrons. The SMILES string of the molecule is CCOCCOCc1cccc(CNC(=O)Cn2c(C)nc3ccccc3c2=O)c1. The minimum atomic E-state index is -0.240. The first-order valence-corrected chi connectivity index (χ1v) is 10.0. The largest absolute Gasteiger partial charge is 0.379 e. The number of nitrogens with one attached hydrogen (secondary N) is 1. The minimum absolute atomic E-state index is 0.0667. The van der Waals surface area contributed by atoms with Crippen molar-refractivity contribution in [3.63, 3.8) is 0 Å². The van der Waals surface area contributed by atoms with E-state index in [0.717, 1.165) is 11.1 Å². The Morgan fingerprint density at radius 1 is 1.07 bits per heavy atom. The Balaban J connectivity index is 1.57. The molecular weight excluding hydrogens is 382 g/mol. The zero-order valence-electron chi connectivity index (χ0n) is 17.4. The van der Waals surface area contributed by atoms with Gasteiger partial charge in [-0.2, -0.15) is 0 Å². The lowest BCUT2D eigenvalue weighted by Gasteiger charge is -2.12. The molecule has 30 heavy (non-hydrogen) atoms. The van der Waals surface area contributed by atoms with E-state index in [4.69, 9.17) is 9.47 Å². The van der Waals surface area contributed by atoms with Crippen molar-refractivity contribution in [1.29, 1.82) is 0 Å². The molecule has 0 aliphatic carbocycles. The van der Waals surface area contributed by atoms with Crippen LogP contribution in [0.2, 0.25) is 0 Å². The first-order valence-electron chi connectivity index (χ1n) is 10.0. The summed E-state index contributed by atoms with van der Waals surface area (Å²) in [4.78, 5) is 29.6. The number of hydrogen-bond donors (Lipinski definition) is 1. The summed E-state index contributed by atoms with van der Waals surface area (Å²) in [5.41, 5.74) is 2.43. The number of rotatable bonds is 10. The molecule has 1 heterocycles. The highest BCUT2D eigenvalue weighted by Crippen LogP contribution is 2.08. The Morgan fingerprint density at radius 2 is 1.83 bits per heavy atom. The summed E-state index contributed by atoms with van der Waals surface area (Å²) >= 11 is 0. The summed E-state index contributed by atoms with van der Waals surface area (Å²) in [5, 5.41) is 3.38. The van der Waals surface area contributed by atoms with Crippen LogP contribution in [0.15, 0.2) is 53.3 Å². The van der Waals surface area contributed by atoms with Crippen LogP contribution in [0.5, 0.6) is 0 Å². The van der Waals surface area contributed by atoms with Crippen molar-refractivity contribution in [2.75, 3.05) is 19.8 Å². The van der Waals surface area contributed by atoms with Crippen molar-refractivity contribution in [3.05, 3.63) is 75.8 Å². The second-order valence-corrected chi connectivity index (χ2v) is 6.91. The van der Waals surface area contributed by atoms with E-state index in [1.54, 1.807) is 25.1 Å². The third-order valence-corrected chi connectivity index (χ3v) is 4.68. The van der Waals surface area contributed by atoms with Crippen LogP contribution >= 0.6 is 0 Å². The standard InChI is InChI=1S/C23H27N3O4/c1-3-29-11-12-30-16-19-8-6-7-18(13-19)14-24-22(27)15-26-17(2)25-21-10-5-4-9-20(21)23(26)28/h4-10,13H,3,11-12,14-16H2,1-2H3,(H,24,27). The number of amides is 1. The van der Waals surface area contributed by atoms with Crippen molar-refractivity contribution >= 4 is 16.8 Å². The number of nitrogens with zero attached hydrogens (tertiary/aromatic N) is 2. The number of ether oxygens (including phenoxy) is 2. The van der Waals surface area contributed by atoms with E-state index in [9.17, 15) is 9.59 Å². The van der Waals surface area contributed by atoms with Gasteiger partial charge in [0, 0.05) is 13.2 Å². The van der Waals surface area contributed by atoms with Crippen LogP contribution in [0.25, 0.3) is 10.9 Å². The quantitative estimate of drug-likeness (QED) is 0.521. The molecular formula is C23H27N3O4. The van der Waals surface area contributed by atoms with Gasteiger partial charge in [0.1, 0.15) is 12.4 Å². The Hall–Kier alpha value is -3.03. The van der Waals surface area contributed by atoms with Crippen LogP contribution in [-0.2, 0) is 34.0 Å². The molecule has 0 bridgehead atoms. The first kappa shape index (κ1) is 21.7. The fourth-order valence-corrected chi connectivity index (χ4v) is 3.15. The number of fused-ring (bicyclic) bond motifs is 1. The zero-order valence-corrected chi connectivity index (χ0v) is 17.4. The Kier molecular flexibility index (Phi) is 7.70. The second kappa shape index (κ2) is 10.7. The molecule has 0 spiro atoms. The van der Waals surface area contributed by atoms with Crippen LogP contribution in [-0.4, -0.2) is 35.3 Å². The van der Waals surface area contributed by atoms with Crippen molar-refractivity contribution < 1.29 is 14.3 Å². The highest BCUT2D eigenvalue weighted by Gasteiger charge is 2.11. The van der Waals surface area contributed by atoms with E-state index < -0.39 is 0 Å². The van der Waals surface area contributed by atoms with Gasteiger partial charge in [0.25, 0.3) is 5.56 Å². The van der Waals surface area contributed by atoms with Crippen LogP contribution < -0.4 is 10.9 Å². The molecule has 0 unspecified atom stereocenters. The van der Waals surface area contributed by atoms with Gasteiger partial charge in [-0.1, -0.05) is 36.4 Å². The number of aromatic nitrogens is 2. The summed E-state index contributed by atoms with van der Waals surface area (Å²) in [7, 11) is 0. The maximum absolute atomic E-state index is 12.7. The molecule has 3 aromatic rings. The van der Waals surface area contributed by atoms with Crippen LogP contribution in [0, 0.1) is 6.92 Å². The molecule has 2 aromatic carbocycles. The molecule has 7 heteroatoms. The van der Waals surface area contributed by atoms with Gasteiger partial charge in [-0.25, -0.2) is 4.98 Å². The Morgan fingerprint density at radius 3 is 2.67 bits per heavy atom. The summed E-state index contributed by atoms with van der Waals surface area (Å²) in [6.07, 6.45) is 0. The Labute approximate surface area is 175 Å². The van der Waals surface area contributed by atoms with Crippen molar-refractivity contribution in [2.45, 2.75) is 33.5 Å². The molecule has 1 N–H and O–H groups in total. The second-order valence-electron chi connectivity index (χ2n) is 6.91. The lowest BCUT2D eigenvalue weighted by atomic mass is 10.1. The maximum atomic E-state index is 12.7. The van der Waals surface area contributed by atoms with E-state index in [1.807, 2.05) is 37.3 Å². The highest BCUT2D eigenvalue weighted by molar-refractivity contribution is 5.79. The Bertz CT molecular complexity index is 1060. The lowest BCUT2D eigenvalue weighted by Crippen LogP contribution is -2.33. The number of aryl methyl sites for hydroxylation is 1. The molecule has 0 radical (unpaired) electrons. The fraction of sp³-hybridized carbons (Fsp3) is 0.348. The molecule has 0 aliphatic heterocycles. The van der Waals surface area contributed by atoms with Crippen LogP contribution in [0.3, 0.4) is 0 Å². The average molecular weight is 409 g/mol. The molecule has 0 saturated heterocycles. The van der Waals surface area contributed by atoms with Crippen LogP contribution in [0.1, 0.15) is 23.9 Å². The molecule has 1 amide bonds. The van der Waals surface area contributed by atoms with Gasteiger partial charge in [-0.3, -0.25) is 14.2 Å². The van der Waals surface area contributed by atoms with E-state index in [1.165, 1.54) is 4.57 Å². The first-order chi connectivity index (χ1) is 14.6. The van der Waals surface area contributed by atoms with Gasteiger partial charge >= 0.3 is 0 Å². The summed E-state index contributed by atoms with van der Waals surface area (Å²) in [6, 6.07) is 15.0. The number of hydrogen-bond acceptors (Lipinski definition) is 5. The van der Waals surface area contributed by atoms with Gasteiger partial charge in [-0.05, 0) is 37.1 Å². The normalized spacial score (nSPS) is 11.0.